The van der Waals surface area contributed by atoms with Gasteiger partial charge < -0.3 is 14.8 Å². The van der Waals surface area contributed by atoms with Crippen LogP contribution in [0, 0.1) is 0 Å². The molecule has 4 rings (SSSR count). The van der Waals surface area contributed by atoms with E-state index in [1.54, 1.807) is 18.6 Å². The molecule has 1 aromatic heterocycles. The van der Waals surface area contributed by atoms with Crippen LogP contribution in [0.15, 0.2) is 43.0 Å². The van der Waals surface area contributed by atoms with Crippen LogP contribution in [0.2, 0.25) is 0 Å². The maximum atomic E-state index is 13.1. The minimum Gasteiger partial charge on any atom is -0.337 e. The average molecular weight is 396 g/mol. The number of nitrogens with zero attached hydrogens (tertiary/aromatic N) is 4. The van der Waals surface area contributed by atoms with E-state index in [0.29, 0.717) is 30.3 Å². The topological polar surface area (TPSA) is 70.5 Å². The Labute approximate surface area is 171 Å². The molecule has 29 heavy (non-hydrogen) atoms. The zero-order valence-corrected chi connectivity index (χ0v) is 16.8. The largest absolute Gasteiger partial charge is 0.337 e. The van der Waals surface area contributed by atoms with E-state index in [0.717, 1.165) is 32.6 Å². The van der Waals surface area contributed by atoms with Gasteiger partial charge in [-0.15, -0.1) is 0 Å². The maximum Gasteiger partial charge on any atom is 0.253 e. The number of aromatic nitrogens is 2. The molecule has 1 atom stereocenters. The smallest absolute Gasteiger partial charge is 0.253 e. The highest BCUT2D eigenvalue weighted by molar-refractivity contribution is 5.97. The van der Waals surface area contributed by atoms with Gasteiger partial charge in [0.05, 0.1) is 6.33 Å². The van der Waals surface area contributed by atoms with Crippen LogP contribution in [0.1, 0.15) is 42.5 Å². The van der Waals surface area contributed by atoms with E-state index >= 15 is 0 Å². The third-order valence-corrected chi connectivity index (χ3v) is 5.89. The summed E-state index contributed by atoms with van der Waals surface area (Å²) in [6, 6.07) is 7.77. The second-order valence-corrected chi connectivity index (χ2v) is 7.97. The maximum absolute atomic E-state index is 13.1. The molecule has 3 heterocycles. The van der Waals surface area contributed by atoms with Crippen LogP contribution in [0.3, 0.4) is 0 Å². The van der Waals surface area contributed by atoms with Crippen molar-refractivity contribution >= 4 is 17.5 Å². The van der Waals surface area contributed by atoms with Gasteiger partial charge in [-0.3, -0.25) is 14.5 Å². The molecule has 0 aliphatic carbocycles. The number of amides is 2. The molecule has 7 heteroatoms. The number of aryl methyl sites for hydroxylation is 1. The van der Waals surface area contributed by atoms with Gasteiger partial charge in [-0.05, 0) is 57.0 Å². The van der Waals surface area contributed by atoms with Crippen molar-refractivity contribution in [2.24, 2.45) is 0 Å². The van der Waals surface area contributed by atoms with E-state index in [4.69, 9.17) is 0 Å². The zero-order valence-electron chi connectivity index (χ0n) is 16.8. The number of nitrogens with one attached hydrogen (secondary N) is 1. The number of carbonyl (C=O) groups is 2. The summed E-state index contributed by atoms with van der Waals surface area (Å²) in [7, 11) is 0. The first-order valence-corrected chi connectivity index (χ1v) is 10.6. The van der Waals surface area contributed by atoms with Crippen LogP contribution in [0.4, 0.5) is 5.69 Å². The number of benzene rings is 1. The van der Waals surface area contributed by atoms with E-state index in [1.165, 1.54) is 19.3 Å². The summed E-state index contributed by atoms with van der Waals surface area (Å²) in [5.74, 6) is -0.0150. The van der Waals surface area contributed by atoms with Gasteiger partial charge in [-0.25, -0.2) is 4.98 Å². The molecule has 0 bridgehead atoms. The Morgan fingerprint density at radius 3 is 2.79 bits per heavy atom. The molecule has 2 saturated heterocycles. The van der Waals surface area contributed by atoms with E-state index in [9.17, 15) is 9.59 Å². The molecule has 2 aliphatic rings. The highest BCUT2D eigenvalue weighted by Gasteiger charge is 2.29. The minimum atomic E-state index is -0.0737. The van der Waals surface area contributed by atoms with Crippen LogP contribution in [0.5, 0.6) is 0 Å². The van der Waals surface area contributed by atoms with Crippen LogP contribution in [0.25, 0.3) is 0 Å². The Balaban J connectivity index is 1.34. The SMILES string of the molecule is O=C(CCn1ccnc1)Nc1cccc(C(=O)N2CCCC(N3CCCC3)C2)c1. The molecule has 2 aromatic rings. The third-order valence-electron chi connectivity index (χ3n) is 5.89. The van der Waals surface area contributed by atoms with Crippen molar-refractivity contribution in [2.45, 2.75) is 44.7 Å². The molecule has 0 spiro atoms. The third kappa shape index (κ3) is 5.03. The summed E-state index contributed by atoms with van der Waals surface area (Å²) >= 11 is 0. The van der Waals surface area contributed by atoms with Crippen LogP contribution in [-0.4, -0.2) is 63.4 Å². The van der Waals surface area contributed by atoms with Crippen LogP contribution < -0.4 is 5.32 Å². The second kappa shape index (κ2) is 9.22. The molecular weight excluding hydrogens is 366 g/mol. The van der Waals surface area contributed by atoms with Gasteiger partial charge in [-0.1, -0.05) is 6.07 Å². The number of anilines is 1. The van der Waals surface area contributed by atoms with Crippen molar-refractivity contribution < 1.29 is 9.59 Å². The predicted octanol–water partition coefficient (Wildman–Crippen LogP) is 2.61. The van der Waals surface area contributed by atoms with Crippen molar-refractivity contribution in [1.82, 2.24) is 19.4 Å². The highest BCUT2D eigenvalue weighted by atomic mass is 16.2. The molecule has 2 aliphatic heterocycles. The molecular formula is C22H29N5O2. The fraction of sp³-hybridized carbons (Fsp3) is 0.500. The Bertz CT molecular complexity index is 829. The van der Waals surface area contributed by atoms with Crippen molar-refractivity contribution in [2.75, 3.05) is 31.5 Å². The minimum absolute atomic E-state index is 0.0587. The summed E-state index contributed by atoms with van der Waals surface area (Å²) < 4.78 is 1.87. The lowest BCUT2D eigenvalue weighted by Gasteiger charge is -2.37. The lowest BCUT2D eigenvalue weighted by atomic mass is 10.0. The zero-order chi connectivity index (χ0) is 20.1. The summed E-state index contributed by atoms with van der Waals surface area (Å²) in [5.41, 5.74) is 1.30. The van der Waals surface area contributed by atoms with E-state index in [-0.39, 0.29) is 11.8 Å². The van der Waals surface area contributed by atoms with Crippen LogP contribution >= 0.6 is 0 Å². The standard InChI is InChI=1S/C22H29N5O2/c28-21(8-13-25-14-9-23-17-25)24-19-6-3-5-18(15-19)22(29)27-12-4-7-20(16-27)26-10-1-2-11-26/h3,5-6,9,14-15,17,20H,1-2,4,7-8,10-13,16H2,(H,24,28). The second-order valence-electron chi connectivity index (χ2n) is 7.97. The van der Waals surface area contributed by atoms with Gasteiger partial charge in [0.25, 0.3) is 5.91 Å². The average Bonchev–Trinajstić information content (AvgIpc) is 3.46. The van der Waals surface area contributed by atoms with Crippen molar-refractivity contribution in [3.63, 3.8) is 0 Å². The van der Waals surface area contributed by atoms with Crippen molar-refractivity contribution in [3.05, 3.63) is 48.5 Å². The van der Waals surface area contributed by atoms with Gasteiger partial charge in [0.1, 0.15) is 0 Å². The lowest BCUT2D eigenvalue weighted by Crippen LogP contribution is -2.49. The Hall–Kier alpha value is -2.67. The quantitative estimate of drug-likeness (QED) is 0.816. The Kier molecular flexibility index (Phi) is 6.24. The van der Waals surface area contributed by atoms with Gasteiger partial charge in [0.15, 0.2) is 0 Å². The number of rotatable bonds is 6. The monoisotopic (exact) mass is 395 g/mol. The Morgan fingerprint density at radius 2 is 2.00 bits per heavy atom. The molecule has 1 aromatic carbocycles. The molecule has 1 N–H and O–H groups in total. The summed E-state index contributed by atoms with van der Waals surface area (Å²) in [6.45, 7) is 4.52. The summed E-state index contributed by atoms with van der Waals surface area (Å²) in [6.07, 6.45) is 10.4. The van der Waals surface area contributed by atoms with Gasteiger partial charge in [0, 0.05) is 55.7 Å². The first kappa shape index (κ1) is 19.6. The number of carbonyl (C=O) groups excluding carboxylic acids is 2. The number of imidazole rings is 1. The molecule has 2 amide bonds. The molecule has 0 radical (unpaired) electrons. The van der Waals surface area contributed by atoms with Gasteiger partial charge in [0.2, 0.25) is 5.91 Å². The van der Waals surface area contributed by atoms with Crippen molar-refractivity contribution in [3.8, 4) is 0 Å². The number of hydrogen-bond acceptors (Lipinski definition) is 4. The fourth-order valence-electron chi connectivity index (χ4n) is 4.33. The molecule has 154 valence electrons. The van der Waals surface area contributed by atoms with Crippen molar-refractivity contribution in [1.29, 1.82) is 0 Å². The summed E-state index contributed by atoms with van der Waals surface area (Å²) in [4.78, 5) is 33.8. The first-order chi connectivity index (χ1) is 14.2. The first-order valence-electron chi connectivity index (χ1n) is 10.6. The molecule has 7 nitrogen and oxygen atoms in total. The number of likely N-dealkylation sites (tertiary alicyclic amines) is 2. The predicted molar refractivity (Wildman–Crippen MR) is 112 cm³/mol. The summed E-state index contributed by atoms with van der Waals surface area (Å²) in [5, 5.41) is 2.90. The Morgan fingerprint density at radius 1 is 1.14 bits per heavy atom. The number of hydrogen-bond donors (Lipinski definition) is 1. The lowest BCUT2D eigenvalue weighted by molar-refractivity contribution is -0.116. The molecule has 0 saturated carbocycles. The van der Waals surface area contributed by atoms with E-state index < -0.39 is 0 Å². The van der Waals surface area contributed by atoms with E-state index in [1.807, 2.05) is 33.9 Å². The number of piperidine rings is 1. The highest BCUT2D eigenvalue weighted by Crippen LogP contribution is 2.22. The van der Waals surface area contributed by atoms with Gasteiger partial charge in [-0.2, -0.15) is 0 Å². The van der Waals surface area contributed by atoms with E-state index in [2.05, 4.69) is 15.2 Å². The molecule has 1 unspecified atom stereocenters. The fourth-order valence-corrected chi connectivity index (χ4v) is 4.33. The van der Waals surface area contributed by atoms with Crippen LogP contribution in [-0.2, 0) is 11.3 Å². The van der Waals surface area contributed by atoms with Gasteiger partial charge >= 0.3 is 0 Å². The normalized spacial score (nSPS) is 20.0. The molecule has 2 fully saturated rings.